The number of benzene rings is 1. The Morgan fingerprint density at radius 1 is 1.22 bits per heavy atom. The van der Waals surface area contributed by atoms with Gasteiger partial charge in [-0.05, 0) is 30.5 Å². The minimum Gasteiger partial charge on any atom is -0.339 e. The SMILES string of the molecule is Cl.Cl.NC1(C(=O)N2CCN(Cc3ccc(F)cc3Cl)CC2)CC1. The summed E-state index contributed by atoms with van der Waals surface area (Å²) in [6.07, 6.45) is 1.61. The molecule has 3 rings (SSSR count). The molecule has 2 N–H and O–H groups in total. The first-order valence-corrected chi connectivity index (χ1v) is 7.60. The highest BCUT2D eigenvalue weighted by Gasteiger charge is 2.48. The molecule has 1 amide bonds. The molecule has 0 unspecified atom stereocenters. The number of nitrogens with zero attached hydrogens (tertiary/aromatic N) is 2. The van der Waals surface area contributed by atoms with E-state index in [2.05, 4.69) is 4.90 Å². The van der Waals surface area contributed by atoms with Crippen LogP contribution in [0.4, 0.5) is 4.39 Å². The number of rotatable bonds is 3. The summed E-state index contributed by atoms with van der Waals surface area (Å²) in [7, 11) is 0. The summed E-state index contributed by atoms with van der Waals surface area (Å²) < 4.78 is 13.0. The molecule has 130 valence electrons. The molecule has 1 aromatic rings. The van der Waals surface area contributed by atoms with E-state index in [9.17, 15) is 9.18 Å². The van der Waals surface area contributed by atoms with Gasteiger partial charge in [0.05, 0.1) is 5.54 Å². The third-order valence-electron chi connectivity index (χ3n) is 4.28. The summed E-state index contributed by atoms with van der Waals surface area (Å²) in [4.78, 5) is 16.2. The molecule has 2 aliphatic rings. The Hall–Kier alpha value is -0.590. The second-order valence-corrected chi connectivity index (χ2v) is 6.37. The maximum absolute atomic E-state index is 13.0. The van der Waals surface area contributed by atoms with E-state index >= 15 is 0 Å². The Labute approximate surface area is 153 Å². The second kappa shape index (κ2) is 7.99. The van der Waals surface area contributed by atoms with Crippen LogP contribution < -0.4 is 5.73 Å². The molecular formula is C15H21Cl3FN3O. The summed E-state index contributed by atoms with van der Waals surface area (Å²) >= 11 is 6.05. The van der Waals surface area contributed by atoms with Gasteiger partial charge in [0.1, 0.15) is 5.82 Å². The molecule has 4 nitrogen and oxygen atoms in total. The number of nitrogens with two attached hydrogens (primary N) is 1. The highest BCUT2D eigenvalue weighted by Crippen LogP contribution is 2.34. The van der Waals surface area contributed by atoms with Crippen LogP contribution in [-0.4, -0.2) is 47.4 Å². The Morgan fingerprint density at radius 2 is 1.83 bits per heavy atom. The minimum atomic E-state index is -0.581. The number of carbonyl (C=O) groups excluding carboxylic acids is 1. The predicted octanol–water partition coefficient (Wildman–Crippen LogP) is 2.46. The van der Waals surface area contributed by atoms with E-state index < -0.39 is 5.54 Å². The Kier molecular flexibility index (Phi) is 7.11. The molecule has 1 aliphatic heterocycles. The van der Waals surface area contributed by atoms with Crippen molar-refractivity contribution < 1.29 is 9.18 Å². The molecule has 1 aromatic carbocycles. The summed E-state index contributed by atoms with van der Waals surface area (Å²) in [5.41, 5.74) is 6.29. The van der Waals surface area contributed by atoms with Crippen molar-refractivity contribution in [2.75, 3.05) is 26.2 Å². The van der Waals surface area contributed by atoms with Crippen LogP contribution in [0.1, 0.15) is 18.4 Å². The molecule has 1 saturated heterocycles. The highest BCUT2D eigenvalue weighted by atomic mass is 35.5. The summed E-state index contributed by atoms with van der Waals surface area (Å²) in [6, 6.07) is 4.47. The summed E-state index contributed by atoms with van der Waals surface area (Å²) in [6.45, 7) is 3.63. The maximum Gasteiger partial charge on any atom is 0.242 e. The van der Waals surface area contributed by atoms with E-state index in [-0.39, 0.29) is 36.5 Å². The molecule has 0 aromatic heterocycles. The van der Waals surface area contributed by atoms with Crippen LogP contribution in [-0.2, 0) is 11.3 Å². The lowest BCUT2D eigenvalue weighted by molar-refractivity contribution is -0.135. The fraction of sp³-hybridized carbons (Fsp3) is 0.533. The van der Waals surface area contributed by atoms with Crippen LogP contribution in [0.5, 0.6) is 0 Å². The van der Waals surface area contributed by atoms with E-state index in [4.69, 9.17) is 17.3 Å². The van der Waals surface area contributed by atoms with Gasteiger partial charge in [-0.15, -0.1) is 24.8 Å². The van der Waals surface area contributed by atoms with Gasteiger partial charge in [-0.25, -0.2) is 4.39 Å². The molecule has 1 heterocycles. The van der Waals surface area contributed by atoms with Gasteiger partial charge >= 0.3 is 0 Å². The second-order valence-electron chi connectivity index (χ2n) is 5.96. The monoisotopic (exact) mass is 383 g/mol. The molecule has 8 heteroatoms. The zero-order valence-electron chi connectivity index (χ0n) is 12.6. The number of carbonyl (C=O) groups is 1. The zero-order chi connectivity index (χ0) is 15.0. The van der Waals surface area contributed by atoms with Crippen molar-refractivity contribution in [2.24, 2.45) is 5.73 Å². The first kappa shape index (κ1) is 20.5. The maximum atomic E-state index is 13.0. The van der Waals surface area contributed by atoms with E-state index in [1.165, 1.54) is 12.1 Å². The van der Waals surface area contributed by atoms with Crippen molar-refractivity contribution in [3.05, 3.63) is 34.6 Å². The molecular weight excluding hydrogens is 364 g/mol. The number of hydrogen-bond donors (Lipinski definition) is 1. The lowest BCUT2D eigenvalue weighted by Gasteiger charge is -2.36. The van der Waals surface area contributed by atoms with E-state index in [0.717, 1.165) is 31.5 Å². The van der Waals surface area contributed by atoms with Gasteiger partial charge in [0, 0.05) is 37.7 Å². The van der Waals surface area contributed by atoms with Crippen LogP contribution >= 0.6 is 36.4 Å². The van der Waals surface area contributed by atoms with Gasteiger partial charge in [0.25, 0.3) is 0 Å². The molecule has 0 atom stereocenters. The lowest BCUT2D eigenvalue weighted by atomic mass is 10.1. The van der Waals surface area contributed by atoms with Crippen LogP contribution in [0, 0.1) is 5.82 Å². The molecule has 0 bridgehead atoms. The Morgan fingerprint density at radius 3 is 2.35 bits per heavy atom. The smallest absolute Gasteiger partial charge is 0.242 e. The Balaban J connectivity index is 0.00000132. The van der Waals surface area contributed by atoms with Crippen molar-refractivity contribution in [2.45, 2.75) is 24.9 Å². The van der Waals surface area contributed by atoms with Crippen LogP contribution in [0.25, 0.3) is 0 Å². The minimum absolute atomic E-state index is 0. The highest BCUT2D eigenvalue weighted by molar-refractivity contribution is 6.31. The van der Waals surface area contributed by atoms with E-state index in [1.54, 1.807) is 6.07 Å². The molecule has 23 heavy (non-hydrogen) atoms. The third kappa shape index (κ3) is 4.70. The van der Waals surface area contributed by atoms with Gasteiger partial charge in [0.15, 0.2) is 0 Å². The van der Waals surface area contributed by atoms with Crippen LogP contribution in [0.15, 0.2) is 18.2 Å². The first-order valence-electron chi connectivity index (χ1n) is 7.22. The molecule has 1 saturated carbocycles. The largest absolute Gasteiger partial charge is 0.339 e. The molecule has 0 radical (unpaired) electrons. The van der Waals surface area contributed by atoms with Gasteiger partial charge in [-0.3, -0.25) is 9.69 Å². The van der Waals surface area contributed by atoms with Crippen LogP contribution in [0.2, 0.25) is 5.02 Å². The lowest BCUT2D eigenvalue weighted by Crippen LogP contribution is -2.53. The van der Waals surface area contributed by atoms with Gasteiger partial charge in [0.2, 0.25) is 5.91 Å². The van der Waals surface area contributed by atoms with Gasteiger partial charge in [-0.2, -0.15) is 0 Å². The normalized spacial score (nSPS) is 19.5. The van der Waals surface area contributed by atoms with Crippen molar-refractivity contribution in [3.63, 3.8) is 0 Å². The molecule has 0 spiro atoms. The van der Waals surface area contributed by atoms with Crippen molar-refractivity contribution >= 4 is 42.3 Å². The average Bonchev–Trinajstić information content (AvgIpc) is 3.21. The zero-order valence-corrected chi connectivity index (χ0v) is 15.0. The third-order valence-corrected chi connectivity index (χ3v) is 4.64. The van der Waals surface area contributed by atoms with Crippen molar-refractivity contribution in [1.29, 1.82) is 0 Å². The van der Waals surface area contributed by atoms with E-state index in [0.29, 0.717) is 24.7 Å². The first-order chi connectivity index (χ1) is 9.98. The topological polar surface area (TPSA) is 49.6 Å². The van der Waals surface area contributed by atoms with Gasteiger partial charge < -0.3 is 10.6 Å². The number of halogens is 4. The average molecular weight is 385 g/mol. The predicted molar refractivity (Wildman–Crippen MR) is 93.9 cm³/mol. The summed E-state index contributed by atoms with van der Waals surface area (Å²) in [5.74, 6) is -0.237. The fourth-order valence-corrected chi connectivity index (χ4v) is 2.89. The van der Waals surface area contributed by atoms with Crippen molar-refractivity contribution in [3.8, 4) is 0 Å². The standard InChI is InChI=1S/C15H19ClFN3O.2ClH/c16-13-9-12(17)2-1-11(13)10-19-5-7-20(8-6-19)14(21)15(18)3-4-15;;/h1-2,9H,3-8,10,18H2;2*1H. The number of piperazine rings is 1. The Bertz CT molecular complexity index is 561. The fourth-order valence-electron chi connectivity index (χ4n) is 2.66. The number of hydrogen-bond acceptors (Lipinski definition) is 3. The van der Waals surface area contributed by atoms with Crippen LogP contribution in [0.3, 0.4) is 0 Å². The van der Waals surface area contributed by atoms with E-state index in [1.807, 2.05) is 4.90 Å². The molecule has 2 fully saturated rings. The molecule has 1 aliphatic carbocycles. The van der Waals surface area contributed by atoms with Gasteiger partial charge in [-0.1, -0.05) is 17.7 Å². The number of amides is 1. The van der Waals surface area contributed by atoms with Crippen molar-refractivity contribution in [1.82, 2.24) is 9.80 Å². The quantitative estimate of drug-likeness (QED) is 0.871. The summed E-state index contributed by atoms with van der Waals surface area (Å²) in [5, 5.41) is 0.451.